The number of benzene rings is 1. The van der Waals surface area contributed by atoms with Crippen LogP contribution in [0.1, 0.15) is 24.2 Å². The van der Waals surface area contributed by atoms with Crippen LogP contribution in [0, 0.1) is 0 Å². The fraction of sp³-hybridized carbons (Fsp3) is 0.385. The maximum atomic E-state index is 12.0. The Bertz CT molecular complexity index is 628. The molecule has 2 amide bonds. The molecule has 1 aromatic rings. The van der Waals surface area contributed by atoms with Crippen LogP contribution >= 0.6 is 0 Å². The molecule has 8 heteroatoms. The number of nitrogens with one attached hydrogen (secondary N) is 3. The summed E-state index contributed by atoms with van der Waals surface area (Å²) < 4.78 is 24.6. The number of sulfonamides is 1. The summed E-state index contributed by atoms with van der Waals surface area (Å²) >= 11 is 0. The second-order valence-electron chi connectivity index (χ2n) is 4.54. The maximum Gasteiger partial charge on any atom is 0.251 e. The summed E-state index contributed by atoms with van der Waals surface area (Å²) in [7, 11) is -3.41. The molecule has 3 N–H and O–H groups in total. The predicted octanol–water partition coefficient (Wildman–Crippen LogP) is 0.312. The molecule has 0 fully saturated rings. The van der Waals surface area contributed by atoms with Crippen LogP contribution in [-0.2, 0) is 14.8 Å². The Hall–Kier alpha value is -2.09. The van der Waals surface area contributed by atoms with E-state index in [9.17, 15) is 18.0 Å². The van der Waals surface area contributed by atoms with Crippen molar-refractivity contribution in [3.63, 3.8) is 0 Å². The van der Waals surface area contributed by atoms with E-state index in [0.29, 0.717) is 6.54 Å². The third-order valence-corrected chi connectivity index (χ3v) is 3.13. The van der Waals surface area contributed by atoms with Crippen molar-refractivity contribution in [3.8, 4) is 0 Å². The predicted molar refractivity (Wildman–Crippen MR) is 80.5 cm³/mol. The van der Waals surface area contributed by atoms with Crippen LogP contribution in [0.15, 0.2) is 24.3 Å². The maximum absolute atomic E-state index is 12.0. The average molecular weight is 313 g/mol. The molecule has 0 aliphatic rings. The Morgan fingerprint density at radius 2 is 1.95 bits per heavy atom. The van der Waals surface area contributed by atoms with Gasteiger partial charge in [0, 0.05) is 17.8 Å². The fourth-order valence-corrected chi connectivity index (χ4v) is 2.17. The summed E-state index contributed by atoms with van der Waals surface area (Å²) in [4.78, 5) is 23.6. The van der Waals surface area contributed by atoms with E-state index in [2.05, 4.69) is 15.4 Å². The Balaban J connectivity index is 2.79. The van der Waals surface area contributed by atoms with Crippen LogP contribution in [0.2, 0.25) is 0 Å². The van der Waals surface area contributed by atoms with Crippen LogP contribution < -0.4 is 15.4 Å². The van der Waals surface area contributed by atoms with E-state index in [-0.39, 0.29) is 17.2 Å². The molecule has 0 aliphatic heterocycles. The summed E-state index contributed by atoms with van der Waals surface area (Å²) in [5, 5.41) is 5.14. The van der Waals surface area contributed by atoms with Crippen molar-refractivity contribution >= 4 is 27.5 Å². The second kappa shape index (κ2) is 7.07. The Morgan fingerprint density at radius 1 is 1.29 bits per heavy atom. The third kappa shape index (κ3) is 5.82. The minimum atomic E-state index is -3.41. The van der Waals surface area contributed by atoms with E-state index in [4.69, 9.17) is 0 Å². The number of likely N-dealkylation sites (N-methyl/N-ethyl adjacent to an activating group) is 1. The quantitative estimate of drug-likeness (QED) is 0.703. The van der Waals surface area contributed by atoms with E-state index < -0.39 is 22.0 Å². The highest BCUT2D eigenvalue weighted by Gasteiger charge is 2.16. The normalized spacial score (nSPS) is 12.3. The molecule has 116 valence electrons. The molecule has 0 bridgehead atoms. The van der Waals surface area contributed by atoms with Crippen molar-refractivity contribution in [3.05, 3.63) is 29.8 Å². The largest absolute Gasteiger partial charge is 0.355 e. The van der Waals surface area contributed by atoms with Gasteiger partial charge in [0.1, 0.15) is 6.04 Å². The Labute approximate surface area is 124 Å². The van der Waals surface area contributed by atoms with Gasteiger partial charge in [-0.05, 0) is 32.0 Å². The van der Waals surface area contributed by atoms with Crippen LogP contribution in [-0.4, -0.2) is 39.1 Å². The van der Waals surface area contributed by atoms with Crippen molar-refractivity contribution < 1.29 is 18.0 Å². The smallest absolute Gasteiger partial charge is 0.251 e. The molecule has 1 unspecified atom stereocenters. The Kier molecular flexibility index (Phi) is 5.71. The molecular formula is C13H19N3O4S. The number of amides is 2. The summed E-state index contributed by atoms with van der Waals surface area (Å²) in [6.07, 6.45) is 1.02. The van der Waals surface area contributed by atoms with E-state index in [0.717, 1.165) is 6.26 Å². The highest BCUT2D eigenvalue weighted by atomic mass is 32.2. The van der Waals surface area contributed by atoms with Crippen LogP contribution in [0.4, 0.5) is 5.69 Å². The second-order valence-corrected chi connectivity index (χ2v) is 6.29. The minimum Gasteiger partial charge on any atom is -0.355 e. The highest BCUT2D eigenvalue weighted by Crippen LogP contribution is 2.12. The zero-order chi connectivity index (χ0) is 16.0. The number of hydrogen-bond donors (Lipinski definition) is 3. The fourth-order valence-electron chi connectivity index (χ4n) is 1.61. The van der Waals surface area contributed by atoms with Gasteiger partial charge >= 0.3 is 0 Å². The van der Waals surface area contributed by atoms with Gasteiger partial charge in [-0.2, -0.15) is 0 Å². The molecule has 0 heterocycles. The van der Waals surface area contributed by atoms with Gasteiger partial charge in [0.05, 0.1) is 6.26 Å². The first-order chi connectivity index (χ1) is 9.73. The highest BCUT2D eigenvalue weighted by molar-refractivity contribution is 7.92. The standard InChI is InChI=1S/C13H19N3O4S/c1-4-14-12(17)9(2)15-13(18)10-6-5-7-11(8-10)16-21(3,19)20/h5-9,16H,4H2,1-3H3,(H,14,17)(H,15,18). The zero-order valence-corrected chi connectivity index (χ0v) is 13.0. The lowest BCUT2D eigenvalue weighted by molar-refractivity contribution is -0.122. The molecule has 7 nitrogen and oxygen atoms in total. The van der Waals surface area contributed by atoms with Crippen LogP contribution in [0.25, 0.3) is 0 Å². The van der Waals surface area contributed by atoms with Gasteiger partial charge in [-0.3, -0.25) is 14.3 Å². The lowest BCUT2D eigenvalue weighted by Gasteiger charge is -2.13. The zero-order valence-electron chi connectivity index (χ0n) is 12.1. The lowest BCUT2D eigenvalue weighted by atomic mass is 10.2. The lowest BCUT2D eigenvalue weighted by Crippen LogP contribution is -2.44. The van der Waals surface area contributed by atoms with Crippen molar-refractivity contribution in [2.24, 2.45) is 0 Å². The first-order valence-corrected chi connectivity index (χ1v) is 8.28. The Morgan fingerprint density at radius 3 is 2.52 bits per heavy atom. The van der Waals surface area contributed by atoms with Crippen molar-refractivity contribution in [2.45, 2.75) is 19.9 Å². The number of carbonyl (C=O) groups excluding carboxylic acids is 2. The first kappa shape index (κ1) is 17.0. The van der Waals surface area contributed by atoms with E-state index in [1.165, 1.54) is 18.2 Å². The van der Waals surface area contributed by atoms with Gasteiger partial charge in [0.15, 0.2) is 0 Å². The van der Waals surface area contributed by atoms with E-state index in [1.807, 2.05) is 0 Å². The molecule has 0 saturated heterocycles. The average Bonchev–Trinajstić information content (AvgIpc) is 2.37. The molecule has 1 rings (SSSR count). The van der Waals surface area contributed by atoms with Crippen LogP contribution in [0.3, 0.4) is 0 Å². The van der Waals surface area contributed by atoms with Gasteiger partial charge in [0.2, 0.25) is 15.9 Å². The number of hydrogen-bond acceptors (Lipinski definition) is 4. The SMILES string of the molecule is CCNC(=O)C(C)NC(=O)c1cccc(NS(C)(=O)=O)c1. The molecule has 0 aromatic heterocycles. The monoisotopic (exact) mass is 313 g/mol. The molecule has 21 heavy (non-hydrogen) atoms. The molecular weight excluding hydrogens is 294 g/mol. The van der Waals surface area contributed by atoms with Crippen molar-refractivity contribution in [1.82, 2.24) is 10.6 Å². The minimum absolute atomic E-state index is 0.264. The number of rotatable bonds is 6. The van der Waals surface area contributed by atoms with Gasteiger partial charge in [-0.25, -0.2) is 8.42 Å². The number of carbonyl (C=O) groups is 2. The molecule has 1 aromatic carbocycles. The number of anilines is 1. The van der Waals surface area contributed by atoms with Crippen molar-refractivity contribution in [1.29, 1.82) is 0 Å². The van der Waals surface area contributed by atoms with Gasteiger partial charge in [-0.1, -0.05) is 6.07 Å². The van der Waals surface area contributed by atoms with Gasteiger partial charge < -0.3 is 10.6 Å². The van der Waals surface area contributed by atoms with Gasteiger partial charge in [0.25, 0.3) is 5.91 Å². The summed E-state index contributed by atoms with van der Waals surface area (Å²) in [6.45, 7) is 3.83. The van der Waals surface area contributed by atoms with Gasteiger partial charge in [-0.15, -0.1) is 0 Å². The summed E-state index contributed by atoms with van der Waals surface area (Å²) in [5.41, 5.74) is 0.551. The summed E-state index contributed by atoms with van der Waals surface area (Å²) in [5.74, 6) is -0.734. The molecule has 0 radical (unpaired) electrons. The molecule has 0 aliphatic carbocycles. The van der Waals surface area contributed by atoms with Crippen molar-refractivity contribution in [2.75, 3.05) is 17.5 Å². The summed E-state index contributed by atoms with van der Waals surface area (Å²) in [6, 6.07) is 5.35. The van der Waals surface area contributed by atoms with E-state index >= 15 is 0 Å². The van der Waals surface area contributed by atoms with E-state index in [1.54, 1.807) is 19.9 Å². The topological polar surface area (TPSA) is 104 Å². The van der Waals surface area contributed by atoms with Crippen LogP contribution in [0.5, 0.6) is 0 Å². The molecule has 0 saturated carbocycles. The molecule has 0 spiro atoms. The first-order valence-electron chi connectivity index (χ1n) is 6.39. The molecule has 1 atom stereocenters. The third-order valence-electron chi connectivity index (χ3n) is 2.52.